The lowest BCUT2D eigenvalue weighted by atomic mass is 9.58. The fourth-order valence-electron chi connectivity index (χ4n) is 6.80. The van der Waals surface area contributed by atoms with Crippen molar-refractivity contribution in [1.82, 2.24) is 4.57 Å². The number of allylic oxidation sites excluding steroid dienone is 2. The summed E-state index contributed by atoms with van der Waals surface area (Å²) in [5.74, 6) is 0.621. The highest BCUT2D eigenvalue weighted by molar-refractivity contribution is 5.90. The third-order valence-electron chi connectivity index (χ3n) is 8.42. The Morgan fingerprint density at radius 3 is 1.69 bits per heavy atom. The molecule has 1 heterocycles. The van der Waals surface area contributed by atoms with Crippen LogP contribution in [0.3, 0.4) is 0 Å². The van der Waals surface area contributed by atoms with Crippen molar-refractivity contribution >= 4 is 10.9 Å². The molecule has 1 saturated carbocycles. The number of nitrogens with zero attached hydrogens (tertiary/aromatic N) is 1. The fourth-order valence-corrected chi connectivity index (χ4v) is 6.80. The van der Waals surface area contributed by atoms with Crippen molar-refractivity contribution in [2.75, 3.05) is 0 Å². The number of fused-ring (bicyclic) bond motifs is 3. The molecule has 0 radical (unpaired) electrons. The van der Waals surface area contributed by atoms with Crippen molar-refractivity contribution in [2.45, 2.75) is 23.7 Å². The molecule has 2 aliphatic carbocycles. The molecule has 0 saturated heterocycles. The summed E-state index contributed by atoms with van der Waals surface area (Å²) in [5.41, 5.74) is 7.74. The van der Waals surface area contributed by atoms with E-state index in [-0.39, 0.29) is 10.8 Å². The Morgan fingerprint density at radius 2 is 1.11 bits per heavy atom. The quantitative estimate of drug-likeness (QED) is 0.246. The summed E-state index contributed by atoms with van der Waals surface area (Å²) >= 11 is 0. The van der Waals surface area contributed by atoms with Crippen LogP contribution in [-0.2, 0) is 17.9 Å². The van der Waals surface area contributed by atoms with Crippen LogP contribution in [0.1, 0.15) is 40.8 Å². The molecule has 1 fully saturated rings. The number of hydrogen-bond acceptors (Lipinski definition) is 0. The minimum atomic E-state index is -0.362. The van der Waals surface area contributed by atoms with Crippen molar-refractivity contribution in [3.63, 3.8) is 0 Å². The molecular formula is C34H29N. The number of hydrogen-bond donors (Lipinski definition) is 0. The van der Waals surface area contributed by atoms with Crippen LogP contribution in [0.15, 0.2) is 127 Å². The van der Waals surface area contributed by atoms with Crippen LogP contribution >= 0.6 is 0 Å². The minimum absolute atomic E-state index is 0.121. The second-order valence-corrected chi connectivity index (χ2v) is 10.2. The lowest BCUT2D eigenvalue weighted by molar-refractivity contribution is 0.515. The summed E-state index contributed by atoms with van der Waals surface area (Å²) in [5, 5.41) is 1.38. The van der Waals surface area contributed by atoms with Gasteiger partial charge in [-0.15, -0.1) is 0 Å². The molecule has 1 aromatic heterocycles. The smallest absolute Gasteiger partial charge is 0.0788 e. The van der Waals surface area contributed by atoms with Gasteiger partial charge in [-0.25, -0.2) is 0 Å². The van der Waals surface area contributed by atoms with Gasteiger partial charge >= 0.3 is 0 Å². The van der Waals surface area contributed by atoms with Crippen LogP contribution < -0.4 is 0 Å². The van der Waals surface area contributed by atoms with E-state index < -0.39 is 0 Å². The Kier molecular flexibility index (Phi) is 4.45. The molecule has 0 N–H and O–H groups in total. The Hall–Kier alpha value is -3.84. The SMILES string of the molecule is Cn1c2c(c3ccccc31)C(c1ccccc1)(C1CC1)C=CC2(c1ccccc1)c1ccccc1. The first-order chi connectivity index (χ1) is 17.3. The van der Waals surface area contributed by atoms with Gasteiger partial charge in [0.05, 0.1) is 5.41 Å². The first-order valence-electron chi connectivity index (χ1n) is 12.7. The molecule has 5 aromatic rings. The second-order valence-electron chi connectivity index (χ2n) is 10.2. The summed E-state index contributed by atoms with van der Waals surface area (Å²) in [6.07, 6.45) is 7.65. The summed E-state index contributed by atoms with van der Waals surface area (Å²) in [6.45, 7) is 0. The monoisotopic (exact) mass is 451 g/mol. The third-order valence-corrected chi connectivity index (χ3v) is 8.42. The van der Waals surface area contributed by atoms with Gasteiger partial charge < -0.3 is 4.57 Å². The van der Waals surface area contributed by atoms with Gasteiger partial charge in [-0.3, -0.25) is 0 Å². The summed E-state index contributed by atoms with van der Waals surface area (Å²) in [6, 6.07) is 42.4. The molecule has 35 heavy (non-hydrogen) atoms. The van der Waals surface area contributed by atoms with Crippen LogP contribution in [0.5, 0.6) is 0 Å². The summed E-state index contributed by atoms with van der Waals surface area (Å²) in [7, 11) is 2.27. The van der Waals surface area contributed by atoms with E-state index in [1.165, 1.54) is 51.7 Å². The number of benzene rings is 4. The zero-order valence-corrected chi connectivity index (χ0v) is 20.1. The van der Waals surface area contributed by atoms with E-state index >= 15 is 0 Å². The molecule has 0 amide bonds. The zero-order valence-electron chi connectivity index (χ0n) is 20.1. The van der Waals surface area contributed by atoms with Crippen molar-refractivity contribution < 1.29 is 0 Å². The molecule has 7 rings (SSSR count). The van der Waals surface area contributed by atoms with Crippen molar-refractivity contribution in [2.24, 2.45) is 13.0 Å². The maximum Gasteiger partial charge on any atom is 0.0788 e. The highest BCUT2D eigenvalue weighted by Gasteiger charge is 2.54. The van der Waals surface area contributed by atoms with Gasteiger partial charge in [-0.05, 0) is 47.1 Å². The molecule has 1 unspecified atom stereocenters. The van der Waals surface area contributed by atoms with Gasteiger partial charge in [0.15, 0.2) is 0 Å². The van der Waals surface area contributed by atoms with Crippen molar-refractivity contribution in [3.05, 3.63) is 155 Å². The Morgan fingerprint density at radius 1 is 0.600 bits per heavy atom. The van der Waals surface area contributed by atoms with Gasteiger partial charge in [-0.1, -0.05) is 121 Å². The maximum atomic E-state index is 2.58. The van der Waals surface area contributed by atoms with Gasteiger partial charge in [0, 0.05) is 29.1 Å². The maximum absolute atomic E-state index is 2.58. The average Bonchev–Trinajstić information content (AvgIpc) is 3.75. The standard InChI is InChI=1S/C34H29N/c1-35-30-20-12-11-19-29(30)31-32(35)34(26-15-7-3-8-16-26,27-17-9-4-10-18-27)24-23-33(31,28-21-22-28)25-13-5-2-6-14-25/h2-20,23-24,28H,21-22H2,1H3. The molecule has 4 aromatic carbocycles. The Balaban J connectivity index is 1.68. The molecular weight excluding hydrogens is 422 g/mol. The molecule has 1 atom stereocenters. The van der Waals surface area contributed by atoms with E-state index in [1.807, 2.05) is 0 Å². The third kappa shape index (κ3) is 2.76. The van der Waals surface area contributed by atoms with Crippen LogP contribution in [0.25, 0.3) is 10.9 Å². The Labute approximate surface area is 207 Å². The van der Waals surface area contributed by atoms with Crippen molar-refractivity contribution in [1.29, 1.82) is 0 Å². The van der Waals surface area contributed by atoms with E-state index in [1.54, 1.807) is 0 Å². The van der Waals surface area contributed by atoms with Gasteiger partial charge in [-0.2, -0.15) is 0 Å². The lowest BCUT2D eigenvalue weighted by Gasteiger charge is -2.44. The zero-order chi connectivity index (χ0) is 23.5. The van der Waals surface area contributed by atoms with E-state index in [0.717, 1.165) is 0 Å². The number of para-hydroxylation sites is 1. The van der Waals surface area contributed by atoms with E-state index in [4.69, 9.17) is 0 Å². The topological polar surface area (TPSA) is 4.93 Å². The van der Waals surface area contributed by atoms with Crippen LogP contribution in [0, 0.1) is 5.92 Å². The van der Waals surface area contributed by atoms with E-state index in [9.17, 15) is 0 Å². The normalized spacial score (nSPS) is 20.6. The first kappa shape index (κ1) is 20.5. The highest BCUT2D eigenvalue weighted by atomic mass is 15.0. The second kappa shape index (κ2) is 7.58. The van der Waals surface area contributed by atoms with E-state index in [0.29, 0.717) is 5.92 Å². The van der Waals surface area contributed by atoms with Gasteiger partial charge in [0.2, 0.25) is 0 Å². The Bertz CT molecular complexity index is 1500. The number of aryl methyl sites for hydroxylation is 1. The van der Waals surface area contributed by atoms with E-state index in [2.05, 4.69) is 139 Å². The van der Waals surface area contributed by atoms with Gasteiger partial charge in [0.25, 0.3) is 0 Å². The molecule has 1 nitrogen and oxygen atoms in total. The first-order valence-corrected chi connectivity index (χ1v) is 12.7. The molecule has 0 bridgehead atoms. The number of rotatable bonds is 4. The van der Waals surface area contributed by atoms with Crippen LogP contribution in [-0.4, -0.2) is 4.57 Å². The van der Waals surface area contributed by atoms with Crippen molar-refractivity contribution in [3.8, 4) is 0 Å². The van der Waals surface area contributed by atoms with Gasteiger partial charge in [0.1, 0.15) is 0 Å². The van der Waals surface area contributed by atoms with Crippen LogP contribution in [0.4, 0.5) is 0 Å². The fraction of sp³-hybridized carbons (Fsp3) is 0.176. The molecule has 1 heteroatoms. The summed E-state index contributed by atoms with van der Waals surface area (Å²) in [4.78, 5) is 0. The average molecular weight is 452 g/mol. The lowest BCUT2D eigenvalue weighted by Crippen LogP contribution is -2.40. The largest absolute Gasteiger partial charge is 0.346 e. The predicted molar refractivity (Wildman–Crippen MR) is 145 cm³/mol. The highest BCUT2D eigenvalue weighted by Crippen LogP contribution is 2.61. The molecule has 0 aliphatic heterocycles. The predicted octanol–water partition coefficient (Wildman–Crippen LogP) is 7.78. The molecule has 170 valence electrons. The van der Waals surface area contributed by atoms with Crippen LogP contribution in [0.2, 0.25) is 0 Å². The molecule has 0 spiro atoms. The summed E-state index contributed by atoms with van der Waals surface area (Å²) < 4.78 is 2.48. The number of aromatic nitrogens is 1. The minimum Gasteiger partial charge on any atom is -0.346 e. The molecule has 2 aliphatic rings.